The fourth-order valence-electron chi connectivity index (χ4n) is 2.56. The van der Waals surface area contributed by atoms with Crippen molar-refractivity contribution in [1.82, 2.24) is 9.62 Å². The number of rotatable bonds is 4. The first-order chi connectivity index (χ1) is 10.2. The van der Waals surface area contributed by atoms with E-state index >= 15 is 0 Å². The average Bonchev–Trinajstić information content (AvgIpc) is 2.48. The van der Waals surface area contributed by atoms with Gasteiger partial charge in [-0.15, -0.1) is 12.4 Å². The van der Waals surface area contributed by atoms with E-state index in [1.807, 2.05) is 0 Å². The van der Waals surface area contributed by atoms with Gasteiger partial charge in [-0.3, -0.25) is 10.1 Å². The Hall–Kier alpha value is -0.930. The molecule has 0 bridgehead atoms. The van der Waals surface area contributed by atoms with Gasteiger partial charge in [-0.2, -0.15) is 4.31 Å². The molecule has 0 amide bonds. The summed E-state index contributed by atoms with van der Waals surface area (Å²) in [6.45, 7) is 3.09. The molecule has 1 fully saturated rings. The predicted molar refractivity (Wildman–Crippen MR) is 90.9 cm³/mol. The van der Waals surface area contributed by atoms with E-state index in [4.69, 9.17) is 11.6 Å². The van der Waals surface area contributed by atoms with Crippen LogP contribution in [-0.2, 0) is 10.0 Å². The molecule has 0 radical (unpaired) electrons. The molecule has 130 valence electrons. The highest BCUT2D eigenvalue weighted by Gasteiger charge is 2.33. The van der Waals surface area contributed by atoms with Crippen molar-refractivity contribution in [3.05, 3.63) is 32.8 Å². The lowest BCUT2D eigenvalue weighted by Gasteiger charge is -2.31. The van der Waals surface area contributed by atoms with Gasteiger partial charge in [0.15, 0.2) is 0 Å². The molecule has 0 unspecified atom stereocenters. The molecule has 0 atom stereocenters. The number of nitrogens with zero attached hydrogens (tertiary/aromatic N) is 2. The third kappa shape index (κ3) is 4.13. The minimum atomic E-state index is -3.88. The first-order valence-corrected chi connectivity index (χ1v) is 8.70. The third-order valence-corrected chi connectivity index (χ3v) is 6.28. The van der Waals surface area contributed by atoms with Crippen molar-refractivity contribution in [1.29, 1.82) is 0 Å². The molecule has 2 rings (SSSR count). The molecule has 1 aliphatic rings. The molecule has 0 aromatic heterocycles. The van der Waals surface area contributed by atoms with E-state index in [0.29, 0.717) is 18.4 Å². The van der Waals surface area contributed by atoms with Crippen LogP contribution in [0.15, 0.2) is 17.0 Å². The summed E-state index contributed by atoms with van der Waals surface area (Å²) in [5.41, 5.74) is 0.0901. The summed E-state index contributed by atoms with van der Waals surface area (Å²) >= 11 is 5.98. The zero-order valence-electron chi connectivity index (χ0n) is 12.8. The second-order valence-electron chi connectivity index (χ2n) is 5.36. The average molecular weight is 384 g/mol. The van der Waals surface area contributed by atoms with Gasteiger partial charge in [0.1, 0.15) is 9.92 Å². The fraction of sp³-hybridized carbons (Fsp3) is 0.538. The van der Waals surface area contributed by atoms with Crippen LogP contribution in [0.25, 0.3) is 0 Å². The summed E-state index contributed by atoms with van der Waals surface area (Å²) in [6, 6.07) is 2.51. The Bertz CT molecular complexity index is 691. The van der Waals surface area contributed by atoms with Crippen LogP contribution in [0.5, 0.6) is 0 Å². The maximum absolute atomic E-state index is 12.8. The van der Waals surface area contributed by atoms with Crippen molar-refractivity contribution in [2.24, 2.45) is 0 Å². The Balaban J connectivity index is 0.00000264. The molecule has 10 heteroatoms. The van der Waals surface area contributed by atoms with Crippen LogP contribution in [0.4, 0.5) is 5.69 Å². The van der Waals surface area contributed by atoms with Crippen molar-refractivity contribution < 1.29 is 13.3 Å². The number of aryl methyl sites for hydroxylation is 1. The lowest BCUT2D eigenvalue weighted by atomic mass is 10.1. The van der Waals surface area contributed by atoms with Crippen LogP contribution in [0.2, 0.25) is 5.02 Å². The zero-order chi connectivity index (χ0) is 16.5. The quantitative estimate of drug-likeness (QED) is 0.636. The number of nitro benzene ring substituents is 1. The van der Waals surface area contributed by atoms with E-state index in [-0.39, 0.29) is 34.1 Å². The van der Waals surface area contributed by atoms with E-state index in [1.54, 1.807) is 6.92 Å². The molecular weight excluding hydrogens is 365 g/mol. The number of sulfonamides is 1. The highest BCUT2D eigenvalue weighted by atomic mass is 35.5. The number of halogens is 2. The van der Waals surface area contributed by atoms with Gasteiger partial charge in [0.25, 0.3) is 5.69 Å². The summed E-state index contributed by atoms with van der Waals surface area (Å²) in [6.07, 6.45) is 1.39. The lowest BCUT2D eigenvalue weighted by Crippen LogP contribution is -2.43. The summed E-state index contributed by atoms with van der Waals surface area (Å²) in [4.78, 5) is 10.2. The predicted octanol–water partition coefficient (Wildman–Crippen LogP) is 2.35. The lowest BCUT2D eigenvalue weighted by molar-refractivity contribution is -0.385. The Labute approximate surface area is 146 Å². The van der Waals surface area contributed by atoms with Crippen LogP contribution in [0, 0.1) is 17.0 Å². The first kappa shape index (κ1) is 20.1. The molecule has 0 spiro atoms. The molecule has 7 nitrogen and oxygen atoms in total. The standard InChI is InChI=1S/C13H18ClN3O4S.ClH/c1-9-7-11(17(18)19)13(14)12(8-9)22(20,21)16(2)10-3-5-15-6-4-10;/h7-8,10,15H,3-6H2,1-2H3;1H. The van der Waals surface area contributed by atoms with Gasteiger partial charge in [-0.1, -0.05) is 11.6 Å². The molecule has 1 saturated heterocycles. The van der Waals surface area contributed by atoms with Gasteiger partial charge in [0, 0.05) is 19.2 Å². The van der Waals surface area contributed by atoms with E-state index in [0.717, 1.165) is 13.1 Å². The molecular formula is C13H19Cl2N3O4S. The molecule has 0 saturated carbocycles. The minimum absolute atomic E-state index is 0. The number of piperidine rings is 1. The Morgan fingerprint density at radius 3 is 2.43 bits per heavy atom. The van der Waals surface area contributed by atoms with Crippen LogP contribution in [0.3, 0.4) is 0 Å². The highest BCUT2D eigenvalue weighted by molar-refractivity contribution is 7.89. The minimum Gasteiger partial charge on any atom is -0.317 e. The monoisotopic (exact) mass is 383 g/mol. The van der Waals surface area contributed by atoms with Crippen LogP contribution >= 0.6 is 24.0 Å². The zero-order valence-corrected chi connectivity index (χ0v) is 15.2. The number of benzene rings is 1. The van der Waals surface area contributed by atoms with Crippen molar-refractivity contribution >= 4 is 39.7 Å². The molecule has 1 aromatic rings. The molecule has 1 aromatic carbocycles. The third-order valence-electron chi connectivity index (χ3n) is 3.84. The Morgan fingerprint density at radius 2 is 1.91 bits per heavy atom. The molecule has 1 aliphatic heterocycles. The van der Waals surface area contributed by atoms with E-state index in [2.05, 4.69) is 5.32 Å². The number of nitrogens with one attached hydrogen (secondary N) is 1. The van der Waals surface area contributed by atoms with Gasteiger partial charge < -0.3 is 5.32 Å². The smallest absolute Gasteiger partial charge is 0.289 e. The van der Waals surface area contributed by atoms with Gasteiger partial charge in [-0.05, 0) is 44.5 Å². The molecule has 23 heavy (non-hydrogen) atoms. The first-order valence-electron chi connectivity index (χ1n) is 6.88. The Kier molecular flexibility index (Phi) is 6.79. The van der Waals surface area contributed by atoms with Crippen LogP contribution in [0.1, 0.15) is 18.4 Å². The summed E-state index contributed by atoms with van der Waals surface area (Å²) in [5.74, 6) is 0. The van der Waals surface area contributed by atoms with Crippen molar-refractivity contribution in [3.63, 3.8) is 0 Å². The van der Waals surface area contributed by atoms with Crippen molar-refractivity contribution in [2.75, 3.05) is 20.1 Å². The topological polar surface area (TPSA) is 92.5 Å². The van der Waals surface area contributed by atoms with Crippen molar-refractivity contribution in [3.8, 4) is 0 Å². The second-order valence-corrected chi connectivity index (χ2v) is 7.70. The summed E-state index contributed by atoms with van der Waals surface area (Å²) in [7, 11) is -2.38. The van der Waals surface area contributed by atoms with E-state index < -0.39 is 14.9 Å². The summed E-state index contributed by atoms with van der Waals surface area (Å²) in [5, 5.41) is 13.9. The van der Waals surface area contributed by atoms with Crippen molar-refractivity contribution in [2.45, 2.75) is 30.7 Å². The Morgan fingerprint density at radius 1 is 1.35 bits per heavy atom. The SMILES string of the molecule is Cc1cc([N+](=O)[O-])c(Cl)c(S(=O)(=O)N(C)C2CCNCC2)c1.Cl. The van der Waals surface area contributed by atoms with Crippen LogP contribution < -0.4 is 5.32 Å². The van der Waals surface area contributed by atoms with E-state index in [1.165, 1.54) is 23.5 Å². The molecule has 1 N–H and O–H groups in total. The maximum atomic E-state index is 12.8. The molecule has 1 heterocycles. The van der Waals surface area contributed by atoms with Gasteiger partial charge >= 0.3 is 0 Å². The van der Waals surface area contributed by atoms with Gasteiger partial charge in [0.05, 0.1) is 4.92 Å². The molecule has 0 aliphatic carbocycles. The normalized spacial score (nSPS) is 16.2. The maximum Gasteiger partial charge on any atom is 0.289 e. The number of hydrogen-bond donors (Lipinski definition) is 1. The largest absolute Gasteiger partial charge is 0.317 e. The second kappa shape index (κ2) is 7.76. The summed E-state index contributed by atoms with van der Waals surface area (Å²) < 4.78 is 26.8. The van der Waals surface area contributed by atoms with Crippen LogP contribution in [-0.4, -0.2) is 43.8 Å². The van der Waals surface area contributed by atoms with Gasteiger partial charge in [0.2, 0.25) is 10.0 Å². The highest BCUT2D eigenvalue weighted by Crippen LogP contribution is 2.34. The number of nitro groups is 1. The van der Waals surface area contributed by atoms with Gasteiger partial charge in [-0.25, -0.2) is 8.42 Å². The van der Waals surface area contributed by atoms with E-state index in [9.17, 15) is 18.5 Å². The number of hydrogen-bond acceptors (Lipinski definition) is 5. The fourth-order valence-corrected chi connectivity index (χ4v) is 4.61.